The van der Waals surface area contributed by atoms with Crippen molar-refractivity contribution in [1.29, 1.82) is 0 Å². The zero-order valence-corrected chi connectivity index (χ0v) is 15.4. The molecule has 1 aromatic heterocycles. The van der Waals surface area contributed by atoms with E-state index in [1.165, 1.54) is 7.11 Å². The Labute approximate surface area is 156 Å². The number of para-hydroxylation sites is 1. The van der Waals surface area contributed by atoms with Crippen LogP contribution >= 0.6 is 0 Å². The molecule has 2 heterocycles. The van der Waals surface area contributed by atoms with Gasteiger partial charge in [-0.15, -0.1) is 0 Å². The predicted octanol–water partition coefficient (Wildman–Crippen LogP) is 1.41. The van der Waals surface area contributed by atoms with Crippen LogP contribution in [-0.4, -0.2) is 48.1 Å². The maximum Gasteiger partial charge on any atom is 0.306 e. The number of nitrogens with one attached hydrogen (secondary N) is 2. The zero-order valence-electron chi connectivity index (χ0n) is 15.4. The average Bonchev–Trinajstić information content (AvgIpc) is 2.65. The van der Waals surface area contributed by atoms with Crippen LogP contribution in [0.5, 0.6) is 5.75 Å². The van der Waals surface area contributed by atoms with Gasteiger partial charge >= 0.3 is 5.97 Å². The molecule has 0 fully saturated rings. The van der Waals surface area contributed by atoms with Gasteiger partial charge in [-0.25, -0.2) is 9.97 Å². The summed E-state index contributed by atoms with van der Waals surface area (Å²) in [4.78, 5) is 36.7. The van der Waals surface area contributed by atoms with Crippen LogP contribution in [0.15, 0.2) is 23.2 Å². The quantitative estimate of drug-likeness (QED) is 0.764. The summed E-state index contributed by atoms with van der Waals surface area (Å²) in [6.45, 7) is 4.48. The number of aryl methyl sites for hydroxylation is 1. The van der Waals surface area contributed by atoms with Crippen molar-refractivity contribution in [3.05, 3.63) is 23.9 Å². The summed E-state index contributed by atoms with van der Waals surface area (Å²) in [5.41, 5.74) is 1.45. The number of guanidine groups is 1. The van der Waals surface area contributed by atoms with Crippen LogP contribution in [-0.2, 0) is 14.3 Å². The molecule has 2 aromatic rings. The second-order valence-corrected chi connectivity index (χ2v) is 6.00. The van der Waals surface area contributed by atoms with E-state index in [0.29, 0.717) is 23.8 Å². The van der Waals surface area contributed by atoms with Gasteiger partial charge in [0, 0.05) is 5.39 Å². The summed E-state index contributed by atoms with van der Waals surface area (Å²) in [7, 11) is 1.29. The first-order chi connectivity index (χ1) is 13.0. The molecule has 0 saturated carbocycles. The number of methoxy groups -OCH3 is 1. The van der Waals surface area contributed by atoms with Gasteiger partial charge in [0.1, 0.15) is 11.3 Å². The molecule has 0 bridgehead atoms. The first kappa shape index (κ1) is 18.6. The largest absolute Gasteiger partial charge is 0.492 e. The third-order valence-electron chi connectivity index (χ3n) is 4.13. The first-order valence-electron chi connectivity index (χ1n) is 8.61. The smallest absolute Gasteiger partial charge is 0.306 e. The number of rotatable bonds is 5. The van der Waals surface area contributed by atoms with Crippen molar-refractivity contribution in [2.24, 2.45) is 10.9 Å². The van der Waals surface area contributed by atoms with Crippen LogP contribution in [0.25, 0.3) is 10.9 Å². The van der Waals surface area contributed by atoms with Crippen LogP contribution in [0.3, 0.4) is 0 Å². The summed E-state index contributed by atoms with van der Waals surface area (Å²) < 4.78 is 10.2. The molecule has 0 aliphatic carbocycles. The van der Waals surface area contributed by atoms with Gasteiger partial charge in [-0.1, -0.05) is 12.1 Å². The van der Waals surface area contributed by atoms with E-state index in [4.69, 9.17) is 4.74 Å². The highest BCUT2D eigenvalue weighted by atomic mass is 16.5. The number of anilines is 1. The molecule has 1 atom stereocenters. The Morgan fingerprint density at radius 2 is 2.19 bits per heavy atom. The fourth-order valence-electron chi connectivity index (χ4n) is 2.77. The van der Waals surface area contributed by atoms with Gasteiger partial charge in [0.05, 0.1) is 38.3 Å². The van der Waals surface area contributed by atoms with E-state index in [0.717, 1.165) is 11.1 Å². The number of fused-ring (bicyclic) bond motifs is 1. The van der Waals surface area contributed by atoms with Crippen molar-refractivity contribution in [3.63, 3.8) is 0 Å². The second kappa shape index (κ2) is 7.98. The van der Waals surface area contributed by atoms with E-state index in [2.05, 4.69) is 30.3 Å². The van der Waals surface area contributed by atoms with E-state index in [1.807, 2.05) is 32.0 Å². The Morgan fingerprint density at radius 1 is 1.37 bits per heavy atom. The van der Waals surface area contributed by atoms with Crippen molar-refractivity contribution in [2.75, 3.05) is 25.6 Å². The predicted molar refractivity (Wildman–Crippen MR) is 99.6 cm³/mol. The topological polar surface area (TPSA) is 115 Å². The zero-order chi connectivity index (χ0) is 19.4. The number of hydrogen-bond acceptors (Lipinski definition) is 8. The molecular formula is C18H21N5O4. The molecule has 0 spiro atoms. The summed E-state index contributed by atoms with van der Waals surface area (Å²) in [6, 6.07) is 5.66. The minimum Gasteiger partial charge on any atom is -0.492 e. The van der Waals surface area contributed by atoms with Crippen LogP contribution in [0.4, 0.5) is 5.95 Å². The highest BCUT2D eigenvalue weighted by Crippen LogP contribution is 2.26. The molecule has 1 aromatic carbocycles. The molecule has 9 nitrogen and oxygen atoms in total. The van der Waals surface area contributed by atoms with Crippen molar-refractivity contribution in [3.8, 4) is 5.75 Å². The minimum absolute atomic E-state index is 0.0115. The van der Waals surface area contributed by atoms with Gasteiger partial charge in [0.25, 0.3) is 0 Å². The molecule has 3 rings (SSSR count). The minimum atomic E-state index is -0.549. The molecule has 1 aliphatic heterocycles. The summed E-state index contributed by atoms with van der Waals surface area (Å²) >= 11 is 0. The fraction of sp³-hybridized carbons (Fsp3) is 0.389. The van der Waals surface area contributed by atoms with E-state index in [9.17, 15) is 9.59 Å². The van der Waals surface area contributed by atoms with Crippen molar-refractivity contribution in [2.45, 2.75) is 20.3 Å². The Hall–Kier alpha value is -3.23. The first-order valence-corrected chi connectivity index (χ1v) is 8.61. The van der Waals surface area contributed by atoms with Gasteiger partial charge in [0.2, 0.25) is 17.8 Å². The van der Waals surface area contributed by atoms with Crippen molar-refractivity contribution < 1.29 is 19.1 Å². The lowest BCUT2D eigenvalue weighted by Crippen LogP contribution is -2.45. The Bertz CT molecular complexity index is 912. The number of aliphatic imine (C=N–C) groups is 1. The van der Waals surface area contributed by atoms with Gasteiger partial charge in [-0.2, -0.15) is 0 Å². The Balaban J connectivity index is 1.82. The average molecular weight is 371 g/mol. The molecule has 0 radical (unpaired) electrons. The molecule has 0 unspecified atom stereocenters. The maximum atomic E-state index is 12.2. The van der Waals surface area contributed by atoms with Gasteiger partial charge in [-0.05, 0) is 19.9 Å². The molecule has 2 N–H and O–H groups in total. The second-order valence-electron chi connectivity index (χ2n) is 6.00. The number of aromatic nitrogens is 2. The van der Waals surface area contributed by atoms with E-state index in [1.54, 1.807) is 0 Å². The fourth-order valence-corrected chi connectivity index (χ4v) is 2.77. The summed E-state index contributed by atoms with van der Waals surface area (Å²) in [5, 5.41) is 6.45. The number of hydrogen-bond donors (Lipinski definition) is 2. The van der Waals surface area contributed by atoms with Gasteiger partial charge < -0.3 is 9.47 Å². The number of carbonyl (C=O) groups is 2. The third-order valence-corrected chi connectivity index (χ3v) is 4.13. The molecule has 9 heteroatoms. The molecule has 0 saturated heterocycles. The molecule has 27 heavy (non-hydrogen) atoms. The molecule has 1 amide bonds. The lowest BCUT2D eigenvalue weighted by molar-refractivity contribution is -0.143. The third kappa shape index (κ3) is 4.13. The highest BCUT2D eigenvalue weighted by molar-refractivity contribution is 6.06. The number of amides is 1. The van der Waals surface area contributed by atoms with Crippen LogP contribution in [0.1, 0.15) is 19.0 Å². The number of benzene rings is 1. The lowest BCUT2D eigenvalue weighted by atomic mass is 10.0. The van der Waals surface area contributed by atoms with Crippen molar-refractivity contribution in [1.82, 2.24) is 15.3 Å². The normalized spacial score (nSPS) is 16.5. The number of esters is 1. The van der Waals surface area contributed by atoms with E-state index in [-0.39, 0.29) is 24.8 Å². The lowest BCUT2D eigenvalue weighted by Gasteiger charge is -2.21. The molecule has 1 aliphatic rings. The number of nitrogens with zero attached hydrogens (tertiary/aromatic N) is 3. The van der Waals surface area contributed by atoms with Crippen LogP contribution < -0.4 is 15.4 Å². The SMILES string of the molecule is CCOc1cccc2c(C)nc(NC3=NC[C@@H](CC(=O)OC)C(=O)N3)nc12. The Morgan fingerprint density at radius 3 is 2.89 bits per heavy atom. The summed E-state index contributed by atoms with van der Waals surface area (Å²) in [5.74, 6) is -0.0846. The highest BCUT2D eigenvalue weighted by Gasteiger charge is 2.27. The van der Waals surface area contributed by atoms with Crippen LogP contribution in [0.2, 0.25) is 0 Å². The molecule has 142 valence electrons. The Kier molecular flexibility index (Phi) is 5.49. The maximum absolute atomic E-state index is 12.2. The number of carbonyl (C=O) groups excluding carboxylic acids is 2. The monoisotopic (exact) mass is 371 g/mol. The van der Waals surface area contributed by atoms with E-state index >= 15 is 0 Å². The van der Waals surface area contributed by atoms with Gasteiger partial charge in [0.15, 0.2) is 0 Å². The van der Waals surface area contributed by atoms with Crippen molar-refractivity contribution >= 4 is 34.7 Å². The summed E-state index contributed by atoms with van der Waals surface area (Å²) in [6.07, 6.45) is -0.0115. The van der Waals surface area contributed by atoms with Crippen LogP contribution in [0, 0.1) is 12.8 Å². The van der Waals surface area contributed by atoms with Gasteiger partial charge in [-0.3, -0.25) is 25.2 Å². The van der Waals surface area contributed by atoms with E-state index < -0.39 is 11.9 Å². The standard InChI is InChI=1S/C18H21N5O4/c1-4-27-13-7-5-6-12-10(2)20-18(21-15(12)13)23-17-19-9-11(16(25)22-17)8-14(24)26-3/h5-7,11H,4,8-9H2,1-3H3,(H2,19,20,21,22,23,25)/t11-/m1/s1. The molecular weight excluding hydrogens is 350 g/mol. The number of ether oxygens (including phenoxy) is 2.